The highest BCUT2D eigenvalue weighted by atomic mass is 16.3. The molecule has 8 nitrogen and oxygen atoms in total. The molecule has 30 heavy (non-hydrogen) atoms. The van der Waals surface area contributed by atoms with E-state index in [2.05, 4.69) is 34.1 Å². The number of hydrogen-bond acceptors (Lipinski definition) is 6. The normalized spacial score (nSPS) is 11.6. The number of nitrogen functional groups attached to an aromatic ring is 1. The summed E-state index contributed by atoms with van der Waals surface area (Å²) in [4.78, 5) is 18.0. The third kappa shape index (κ3) is 3.57. The average Bonchev–Trinajstić information content (AvgIpc) is 3.09. The molecule has 0 aliphatic carbocycles. The fourth-order valence-corrected chi connectivity index (χ4v) is 3.71. The van der Waals surface area contributed by atoms with E-state index in [1.54, 1.807) is 24.3 Å². The van der Waals surface area contributed by atoms with Crippen LogP contribution >= 0.6 is 0 Å². The lowest BCUT2D eigenvalue weighted by molar-refractivity contribution is 0.316. The maximum atomic E-state index is 12.8. The lowest BCUT2D eigenvalue weighted by atomic mass is 10.1. The smallest absolute Gasteiger partial charge is 0.261 e. The molecule has 0 saturated carbocycles. The van der Waals surface area contributed by atoms with Gasteiger partial charge in [-0.05, 0) is 43.4 Å². The molecule has 156 valence electrons. The highest BCUT2D eigenvalue weighted by Gasteiger charge is 2.17. The summed E-state index contributed by atoms with van der Waals surface area (Å²) >= 11 is 0. The molecule has 0 atom stereocenters. The van der Waals surface area contributed by atoms with Crippen LogP contribution in [0.15, 0.2) is 47.3 Å². The zero-order valence-corrected chi connectivity index (χ0v) is 17.1. The molecule has 5 N–H and O–H groups in total. The summed E-state index contributed by atoms with van der Waals surface area (Å²) in [6, 6.07) is 12.4. The number of aromatic nitrogens is 3. The number of H-pyrrole nitrogens is 1. The van der Waals surface area contributed by atoms with Crippen molar-refractivity contribution in [1.82, 2.24) is 19.7 Å². The number of benzene rings is 2. The standard InChI is InChI=1S/C22H26N6O2/c1-3-27(4-2)11-10-24-14-8-9-17-18(12-14)25-22(30)19-20(17)26-28(21(19)23)15-6-5-7-16(29)13-15/h5-9,12-13,24,29H,3-4,10-11,23H2,1-2H3,(H,25,30). The Morgan fingerprint density at radius 2 is 2.00 bits per heavy atom. The van der Waals surface area contributed by atoms with Crippen LogP contribution in [0.4, 0.5) is 11.5 Å². The highest BCUT2D eigenvalue weighted by Crippen LogP contribution is 2.28. The van der Waals surface area contributed by atoms with Gasteiger partial charge in [-0.15, -0.1) is 0 Å². The van der Waals surface area contributed by atoms with E-state index >= 15 is 0 Å². The molecule has 0 fully saturated rings. The Bertz CT molecular complexity index is 1260. The lowest BCUT2D eigenvalue weighted by Crippen LogP contribution is -2.28. The molecular formula is C22H26N6O2. The number of pyridine rings is 1. The molecule has 0 spiro atoms. The minimum atomic E-state index is -0.290. The predicted octanol–water partition coefficient (Wildman–Crippen LogP) is 2.91. The molecule has 0 unspecified atom stereocenters. The second-order valence-electron chi connectivity index (χ2n) is 7.21. The van der Waals surface area contributed by atoms with Crippen molar-refractivity contribution in [2.24, 2.45) is 0 Å². The van der Waals surface area contributed by atoms with Gasteiger partial charge in [0, 0.05) is 30.2 Å². The Kier molecular flexibility index (Phi) is 5.33. The molecule has 0 bridgehead atoms. The first-order valence-corrected chi connectivity index (χ1v) is 10.1. The molecule has 2 heterocycles. The van der Waals surface area contributed by atoms with Gasteiger partial charge in [-0.3, -0.25) is 4.79 Å². The van der Waals surface area contributed by atoms with Crippen LogP contribution in [0.25, 0.3) is 27.5 Å². The van der Waals surface area contributed by atoms with Gasteiger partial charge in [-0.2, -0.15) is 5.10 Å². The van der Waals surface area contributed by atoms with E-state index < -0.39 is 0 Å². The molecule has 0 aliphatic heterocycles. The molecule has 0 radical (unpaired) electrons. The number of anilines is 2. The van der Waals surface area contributed by atoms with Crippen molar-refractivity contribution >= 4 is 33.3 Å². The van der Waals surface area contributed by atoms with Gasteiger partial charge in [-0.1, -0.05) is 19.9 Å². The summed E-state index contributed by atoms with van der Waals surface area (Å²) < 4.78 is 1.48. The molecular weight excluding hydrogens is 380 g/mol. The topological polar surface area (TPSA) is 112 Å². The number of phenolic OH excluding ortho intramolecular Hbond substituents is 1. The van der Waals surface area contributed by atoms with Crippen molar-refractivity contribution in [2.75, 3.05) is 37.2 Å². The summed E-state index contributed by atoms with van der Waals surface area (Å²) in [6.07, 6.45) is 0. The van der Waals surface area contributed by atoms with E-state index in [9.17, 15) is 9.90 Å². The number of nitrogens with two attached hydrogens (primary N) is 1. The van der Waals surface area contributed by atoms with Crippen LogP contribution in [0.1, 0.15) is 13.8 Å². The zero-order valence-electron chi connectivity index (χ0n) is 17.1. The summed E-state index contributed by atoms with van der Waals surface area (Å²) in [5, 5.41) is 18.9. The fraction of sp³-hybridized carbons (Fsp3) is 0.273. The number of fused-ring (bicyclic) bond motifs is 3. The number of aromatic amines is 1. The van der Waals surface area contributed by atoms with Crippen molar-refractivity contribution < 1.29 is 5.11 Å². The van der Waals surface area contributed by atoms with E-state index in [1.165, 1.54) is 4.68 Å². The van der Waals surface area contributed by atoms with E-state index in [1.807, 2.05) is 18.2 Å². The van der Waals surface area contributed by atoms with Crippen LogP contribution in [-0.2, 0) is 0 Å². The zero-order chi connectivity index (χ0) is 21.3. The first-order chi connectivity index (χ1) is 14.5. The minimum absolute atomic E-state index is 0.102. The second-order valence-corrected chi connectivity index (χ2v) is 7.21. The molecule has 4 aromatic rings. The summed E-state index contributed by atoms with van der Waals surface area (Å²) in [7, 11) is 0. The third-order valence-corrected chi connectivity index (χ3v) is 5.40. The number of likely N-dealkylation sites (N-methyl/N-ethyl adjacent to an activating group) is 1. The molecule has 4 rings (SSSR count). The minimum Gasteiger partial charge on any atom is -0.508 e. The van der Waals surface area contributed by atoms with E-state index in [0.29, 0.717) is 22.1 Å². The Labute approximate surface area is 173 Å². The largest absolute Gasteiger partial charge is 0.508 e. The molecule has 0 saturated heterocycles. The van der Waals surface area contributed by atoms with Gasteiger partial charge in [0.05, 0.1) is 11.2 Å². The third-order valence-electron chi connectivity index (χ3n) is 5.40. The summed E-state index contributed by atoms with van der Waals surface area (Å²) in [6.45, 7) is 8.10. The number of nitrogens with one attached hydrogen (secondary N) is 2. The monoisotopic (exact) mass is 406 g/mol. The van der Waals surface area contributed by atoms with Gasteiger partial charge >= 0.3 is 0 Å². The fourth-order valence-electron chi connectivity index (χ4n) is 3.71. The van der Waals surface area contributed by atoms with E-state index in [-0.39, 0.29) is 17.1 Å². The van der Waals surface area contributed by atoms with Crippen LogP contribution in [0.5, 0.6) is 5.75 Å². The Hall–Kier alpha value is -3.52. The summed E-state index contributed by atoms with van der Waals surface area (Å²) in [5.41, 5.74) is 8.71. The molecule has 0 aliphatic rings. The quantitative estimate of drug-likeness (QED) is 0.375. The predicted molar refractivity (Wildman–Crippen MR) is 122 cm³/mol. The van der Waals surface area contributed by atoms with Crippen molar-refractivity contribution in [3.8, 4) is 11.4 Å². The van der Waals surface area contributed by atoms with Crippen LogP contribution in [-0.4, -0.2) is 50.9 Å². The number of hydrogen-bond donors (Lipinski definition) is 4. The molecule has 0 amide bonds. The maximum Gasteiger partial charge on any atom is 0.261 e. The van der Waals surface area contributed by atoms with Gasteiger partial charge < -0.3 is 26.0 Å². The van der Waals surface area contributed by atoms with Gasteiger partial charge in [0.2, 0.25) is 0 Å². The molecule has 2 aromatic heterocycles. The van der Waals surface area contributed by atoms with Crippen molar-refractivity contribution in [3.05, 3.63) is 52.8 Å². The van der Waals surface area contributed by atoms with Crippen LogP contribution in [0.3, 0.4) is 0 Å². The number of nitrogens with zero attached hydrogens (tertiary/aromatic N) is 3. The number of aromatic hydroxyl groups is 1. The van der Waals surface area contributed by atoms with Crippen LogP contribution < -0.4 is 16.6 Å². The number of rotatable bonds is 7. The lowest BCUT2D eigenvalue weighted by Gasteiger charge is -2.18. The van der Waals surface area contributed by atoms with Gasteiger partial charge in [0.25, 0.3) is 5.56 Å². The van der Waals surface area contributed by atoms with Crippen LogP contribution in [0, 0.1) is 0 Å². The Morgan fingerprint density at radius 1 is 1.20 bits per heavy atom. The van der Waals surface area contributed by atoms with Crippen molar-refractivity contribution in [1.29, 1.82) is 0 Å². The Morgan fingerprint density at radius 3 is 2.73 bits per heavy atom. The number of phenols is 1. The maximum absolute atomic E-state index is 12.8. The van der Waals surface area contributed by atoms with Gasteiger partial charge in [0.1, 0.15) is 22.5 Å². The summed E-state index contributed by atoms with van der Waals surface area (Å²) in [5.74, 6) is 0.339. The SMILES string of the molecule is CCN(CC)CCNc1ccc2c(c1)[nH]c(=O)c1c(N)n(-c3cccc(O)c3)nc12. The highest BCUT2D eigenvalue weighted by molar-refractivity contribution is 6.07. The first kappa shape index (κ1) is 19.8. The van der Waals surface area contributed by atoms with Crippen molar-refractivity contribution in [2.45, 2.75) is 13.8 Å². The molecule has 2 aromatic carbocycles. The first-order valence-electron chi connectivity index (χ1n) is 10.1. The van der Waals surface area contributed by atoms with E-state index in [0.717, 1.165) is 37.3 Å². The van der Waals surface area contributed by atoms with Gasteiger partial charge in [-0.25, -0.2) is 4.68 Å². The van der Waals surface area contributed by atoms with Gasteiger partial charge in [0.15, 0.2) is 0 Å². The second kappa shape index (κ2) is 8.08. The average molecular weight is 406 g/mol. The Balaban J connectivity index is 1.73. The molecule has 8 heteroatoms. The van der Waals surface area contributed by atoms with E-state index in [4.69, 9.17) is 5.73 Å². The van der Waals surface area contributed by atoms with Crippen LogP contribution in [0.2, 0.25) is 0 Å². The van der Waals surface area contributed by atoms with Crippen molar-refractivity contribution in [3.63, 3.8) is 0 Å².